The lowest BCUT2D eigenvalue weighted by atomic mass is 9.79. The van der Waals surface area contributed by atoms with E-state index in [4.69, 9.17) is 9.31 Å². The number of rotatable bonds is 3. The minimum absolute atomic E-state index is 0.137. The number of aromatic nitrogens is 1. The molecule has 1 aromatic heterocycles. The van der Waals surface area contributed by atoms with Gasteiger partial charge in [0.15, 0.2) is 0 Å². The molecule has 0 N–H and O–H groups in total. The van der Waals surface area contributed by atoms with Crippen molar-refractivity contribution in [2.75, 3.05) is 0 Å². The summed E-state index contributed by atoms with van der Waals surface area (Å²) < 4.78 is 52.3. The first-order valence-corrected chi connectivity index (χ1v) is 9.35. The second-order valence-corrected chi connectivity index (χ2v) is 9.60. The monoisotopic (exact) mass is 385 g/mol. The molecule has 0 saturated carbocycles. The van der Waals surface area contributed by atoms with E-state index in [9.17, 15) is 13.2 Å². The highest BCUT2D eigenvalue weighted by molar-refractivity contribution is 7.18. The van der Waals surface area contributed by atoms with E-state index >= 15 is 0 Å². The van der Waals surface area contributed by atoms with E-state index in [0.717, 1.165) is 10.2 Å². The van der Waals surface area contributed by atoms with Gasteiger partial charge in [0.25, 0.3) is 0 Å². The van der Waals surface area contributed by atoms with E-state index in [1.165, 1.54) is 25.2 Å². The van der Waals surface area contributed by atoms with Crippen molar-refractivity contribution in [2.24, 2.45) is 5.41 Å². The number of alkyl halides is 3. The minimum Gasteiger partial charge on any atom is -0.399 e. The van der Waals surface area contributed by atoms with Gasteiger partial charge in [-0.1, -0.05) is 19.9 Å². The Kier molecular flexibility index (Phi) is 4.49. The van der Waals surface area contributed by atoms with Crippen LogP contribution >= 0.6 is 11.3 Å². The number of fused-ring (bicyclic) bond motifs is 1. The van der Waals surface area contributed by atoms with Crippen LogP contribution < -0.4 is 5.46 Å². The summed E-state index contributed by atoms with van der Waals surface area (Å²) in [6.07, 6.45) is -4.40. The third-order valence-electron chi connectivity index (χ3n) is 5.34. The molecule has 0 unspecified atom stereocenters. The summed E-state index contributed by atoms with van der Waals surface area (Å²) in [4.78, 5) is 4.37. The van der Waals surface area contributed by atoms with Crippen molar-refractivity contribution in [3.8, 4) is 0 Å². The van der Waals surface area contributed by atoms with Crippen molar-refractivity contribution in [1.29, 1.82) is 0 Å². The highest BCUT2D eigenvalue weighted by Crippen LogP contribution is 2.41. The number of benzene rings is 1. The second kappa shape index (κ2) is 5.94. The molecule has 3 nitrogen and oxygen atoms in total. The largest absolute Gasteiger partial charge is 0.494 e. The molecule has 1 aromatic carbocycles. The normalized spacial score (nSPS) is 20.1. The summed E-state index contributed by atoms with van der Waals surface area (Å²) in [5.74, 6) is 0. The minimum atomic E-state index is -4.27. The van der Waals surface area contributed by atoms with Gasteiger partial charge in [0.05, 0.1) is 31.8 Å². The van der Waals surface area contributed by atoms with Crippen LogP contribution in [-0.2, 0) is 15.7 Å². The molecule has 1 fully saturated rings. The summed E-state index contributed by atoms with van der Waals surface area (Å²) in [6, 6.07) is 5.58. The Bertz CT molecular complexity index is 813. The molecule has 0 amide bonds. The first-order valence-electron chi connectivity index (χ1n) is 8.54. The third-order valence-corrected chi connectivity index (χ3v) is 6.36. The lowest BCUT2D eigenvalue weighted by Gasteiger charge is -2.32. The molecular weight excluding hydrogens is 362 g/mol. The highest BCUT2D eigenvalue weighted by atomic mass is 32.1. The zero-order valence-electron chi connectivity index (χ0n) is 15.8. The molecule has 0 radical (unpaired) electrons. The molecule has 142 valence electrons. The first kappa shape index (κ1) is 19.6. The van der Waals surface area contributed by atoms with Crippen LogP contribution in [0, 0.1) is 5.41 Å². The molecule has 2 heterocycles. The van der Waals surface area contributed by atoms with E-state index < -0.39 is 29.9 Å². The van der Waals surface area contributed by atoms with E-state index in [-0.39, 0.29) is 6.42 Å². The van der Waals surface area contributed by atoms with Crippen LogP contribution in [0.15, 0.2) is 18.2 Å². The Hall–Kier alpha value is -1.12. The molecule has 0 atom stereocenters. The van der Waals surface area contributed by atoms with Gasteiger partial charge in [-0.05, 0) is 45.3 Å². The van der Waals surface area contributed by atoms with Gasteiger partial charge in [0.1, 0.15) is 0 Å². The van der Waals surface area contributed by atoms with Crippen LogP contribution in [0.3, 0.4) is 0 Å². The van der Waals surface area contributed by atoms with E-state index in [1.54, 1.807) is 0 Å². The zero-order valence-corrected chi connectivity index (χ0v) is 16.6. The van der Waals surface area contributed by atoms with Gasteiger partial charge in [0.2, 0.25) is 0 Å². The van der Waals surface area contributed by atoms with Gasteiger partial charge in [-0.3, -0.25) is 0 Å². The average Bonchev–Trinajstić information content (AvgIpc) is 2.93. The van der Waals surface area contributed by atoms with Gasteiger partial charge in [0, 0.05) is 6.42 Å². The van der Waals surface area contributed by atoms with E-state index in [0.29, 0.717) is 10.5 Å². The SMILES string of the molecule is CC(C)(Cc1nc2ccc(B3OC(C)(C)C(C)(C)O3)cc2s1)C(F)(F)F. The summed E-state index contributed by atoms with van der Waals surface area (Å²) in [5, 5.41) is 0.480. The van der Waals surface area contributed by atoms with Crippen molar-refractivity contribution in [3.05, 3.63) is 23.2 Å². The van der Waals surface area contributed by atoms with Gasteiger partial charge in [-0.2, -0.15) is 13.2 Å². The van der Waals surface area contributed by atoms with E-state index in [2.05, 4.69) is 4.98 Å². The molecule has 1 aliphatic rings. The predicted octanol–water partition coefficient (Wildman–Crippen LogP) is 4.73. The maximum absolute atomic E-state index is 13.1. The van der Waals surface area contributed by atoms with Gasteiger partial charge in [-0.15, -0.1) is 11.3 Å². The quantitative estimate of drug-likeness (QED) is 0.717. The maximum Gasteiger partial charge on any atom is 0.494 e. The Morgan fingerprint density at radius 3 is 2.19 bits per heavy atom. The standard InChI is InChI=1S/C18H23BF3NO2S/c1-15(2,18(20,21)22)10-14-23-12-8-7-11(9-13(12)26-14)19-24-16(3,4)17(5,6)25-19/h7-9H,10H2,1-6H3. The highest BCUT2D eigenvalue weighted by Gasteiger charge is 2.52. The number of hydrogen-bond donors (Lipinski definition) is 0. The summed E-state index contributed by atoms with van der Waals surface area (Å²) in [7, 11) is -0.499. The molecule has 1 aliphatic heterocycles. The van der Waals surface area contributed by atoms with E-state index in [1.807, 2.05) is 45.9 Å². The molecule has 3 rings (SSSR count). The van der Waals surface area contributed by atoms with Crippen molar-refractivity contribution in [3.63, 3.8) is 0 Å². The number of halogens is 3. The van der Waals surface area contributed by atoms with Crippen molar-refractivity contribution in [2.45, 2.75) is 65.3 Å². The zero-order chi connectivity index (χ0) is 19.5. The van der Waals surface area contributed by atoms with Crippen molar-refractivity contribution in [1.82, 2.24) is 4.98 Å². The number of hydrogen-bond acceptors (Lipinski definition) is 4. The Balaban J connectivity index is 1.87. The number of thiazole rings is 1. The van der Waals surface area contributed by atoms with Gasteiger partial charge >= 0.3 is 13.3 Å². The molecular formula is C18H23BF3NO2S. The van der Waals surface area contributed by atoms with Crippen molar-refractivity contribution < 1.29 is 22.5 Å². The summed E-state index contributed by atoms with van der Waals surface area (Å²) in [6.45, 7) is 10.3. The van der Waals surface area contributed by atoms with Crippen LogP contribution in [0.4, 0.5) is 13.2 Å². The third kappa shape index (κ3) is 3.39. The van der Waals surface area contributed by atoms with Crippen LogP contribution in [-0.4, -0.2) is 29.5 Å². The van der Waals surface area contributed by atoms with Crippen LogP contribution in [0.1, 0.15) is 46.6 Å². The van der Waals surface area contributed by atoms with Crippen molar-refractivity contribution >= 4 is 34.1 Å². The van der Waals surface area contributed by atoms with Crippen LogP contribution in [0.2, 0.25) is 0 Å². The molecule has 0 spiro atoms. The fourth-order valence-corrected chi connectivity index (χ4v) is 3.91. The fourth-order valence-electron chi connectivity index (χ4n) is 2.67. The van der Waals surface area contributed by atoms with Crippen LogP contribution in [0.5, 0.6) is 0 Å². The summed E-state index contributed by atoms with van der Waals surface area (Å²) in [5.41, 5.74) is -1.15. The Morgan fingerprint density at radius 2 is 1.65 bits per heavy atom. The smallest absolute Gasteiger partial charge is 0.399 e. The first-order chi connectivity index (χ1) is 11.7. The molecule has 26 heavy (non-hydrogen) atoms. The Labute approximate surface area is 156 Å². The maximum atomic E-state index is 13.1. The molecule has 0 aliphatic carbocycles. The molecule has 0 bridgehead atoms. The lowest BCUT2D eigenvalue weighted by Crippen LogP contribution is -2.41. The predicted molar refractivity (Wildman–Crippen MR) is 98.9 cm³/mol. The van der Waals surface area contributed by atoms with Crippen LogP contribution in [0.25, 0.3) is 10.2 Å². The average molecular weight is 385 g/mol. The van der Waals surface area contributed by atoms with Gasteiger partial charge in [-0.25, -0.2) is 4.98 Å². The number of nitrogens with zero attached hydrogens (tertiary/aromatic N) is 1. The lowest BCUT2D eigenvalue weighted by molar-refractivity contribution is -0.211. The molecule has 1 saturated heterocycles. The summed E-state index contributed by atoms with van der Waals surface area (Å²) >= 11 is 1.29. The fraction of sp³-hybridized carbons (Fsp3) is 0.611. The Morgan fingerprint density at radius 1 is 1.08 bits per heavy atom. The molecule has 2 aromatic rings. The van der Waals surface area contributed by atoms with Gasteiger partial charge < -0.3 is 9.31 Å². The topological polar surface area (TPSA) is 31.4 Å². The molecule has 8 heteroatoms. The second-order valence-electron chi connectivity index (χ2n) is 8.48.